The molecule has 5 atom stereocenters. The van der Waals surface area contributed by atoms with Gasteiger partial charge >= 0.3 is 11.3 Å². The van der Waals surface area contributed by atoms with Crippen LogP contribution < -0.4 is 9.47 Å². The minimum atomic E-state index is -1.67. The average Bonchev–Trinajstić information content (AvgIpc) is 2.84. The number of aliphatic hydroxyl groups excluding tert-OH is 4. The molecule has 0 spiro atoms. The van der Waals surface area contributed by atoms with Crippen LogP contribution >= 0.6 is 0 Å². The van der Waals surface area contributed by atoms with Crippen LogP contribution in [0.2, 0.25) is 0 Å². The fourth-order valence-corrected chi connectivity index (χ4v) is 4.03. The molecular weight excluding hydrogens is 460 g/mol. The Balaban J connectivity index is 1.90. The van der Waals surface area contributed by atoms with E-state index in [1.165, 1.54) is 19.2 Å². The normalized spacial score (nSPS) is 24.3. The zero-order chi connectivity index (χ0) is 25.4. The molecule has 1 fully saturated rings. The third-order valence-electron chi connectivity index (χ3n) is 6.01. The van der Waals surface area contributed by atoms with Crippen molar-refractivity contribution in [2.45, 2.75) is 37.6 Å². The molecule has 10 nitrogen and oxygen atoms in total. The van der Waals surface area contributed by atoms with Crippen molar-refractivity contribution in [3.63, 3.8) is 0 Å². The first-order valence-electron chi connectivity index (χ1n) is 10.8. The lowest BCUT2D eigenvalue weighted by molar-refractivity contribution is -0.277. The number of benzene rings is 2. The van der Waals surface area contributed by atoms with Gasteiger partial charge in [-0.05, 0) is 30.2 Å². The number of fused-ring (bicyclic) bond motifs is 1. The molecule has 2 aromatic carbocycles. The van der Waals surface area contributed by atoms with Crippen molar-refractivity contribution in [2.75, 3.05) is 13.7 Å². The summed E-state index contributed by atoms with van der Waals surface area (Å²) >= 11 is 0. The van der Waals surface area contributed by atoms with E-state index < -0.39 is 37.3 Å². The SMILES string of the molecule is C=Cc1cc(-c2[o+]c3cc(O)cc(O)c3cc2O[C@H]2O[C@@H](CO)[C@@H](O)[C@@H](O)[C@@H]2O)cc(OC)c1C. The molecule has 3 aromatic rings. The summed E-state index contributed by atoms with van der Waals surface area (Å²) in [7, 11) is 1.51. The molecule has 4 rings (SSSR count). The van der Waals surface area contributed by atoms with Crippen LogP contribution in [0.3, 0.4) is 0 Å². The smallest absolute Gasteiger partial charge is 0.402 e. The summed E-state index contributed by atoms with van der Waals surface area (Å²) in [4.78, 5) is 0. The van der Waals surface area contributed by atoms with E-state index in [4.69, 9.17) is 18.6 Å². The van der Waals surface area contributed by atoms with Gasteiger partial charge in [-0.15, -0.1) is 0 Å². The molecule has 1 aliphatic heterocycles. The van der Waals surface area contributed by atoms with E-state index in [-0.39, 0.29) is 34.0 Å². The summed E-state index contributed by atoms with van der Waals surface area (Å²) in [6, 6.07) is 7.31. The zero-order valence-corrected chi connectivity index (χ0v) is 19.1. The number of phenolic OH excluding ortho intramolecular Hbond substituents is 2. The second-order valence-electron chi connectivity index (χ2n) is 8.23. The summed E-state index contributed by atoms with van der Waals surface area (Å²) in [6.45, 7) is 5.05. The monoisotopic (exact) mass is 487 g/mol. The molecule has 35 heavy (non-hydrogen) atoms. The predicted molar refractivity (Wildman–Crippen MR) is 125 cm³/mol. The van der Waals surface area contributed by atoms with Crippen LogP contribution in [-0.4, -0.2) is 75.1 Å². The molecule has 0 unspecified atom stereocenters. The molecule has 0 aliphatic carbocycles. The van der Waals surface area contributed by atoms with Gasteiger partial charge in [0, 0.05) is 12.1 Å². The fraction of sp³-hybridized carbons (Fsp3) is 0.320. The summed E-state index contributed by atoms with van der Waals surface area (Å²) in [6.07, 6.45) is -5.92. The number of methoxy groups -OCH3 is 1. The minimum Gasteiger partial charge on any atom is -0.507 e. The van der Waals surface area contributed by atoms with E-state index >= 15 is 0 Å². The predicted octanol–water partition coefficient (Wildman–Crippen LogP) is 1.93. The lowest BCUT2D eigenvalue weighted by Crippen LogP contribution is -2.60. The molecule has 1 aromatic heterocycles. The van der Waals surface area contributed by atoms with Crippen molar-refractivity contribution in [2.24, 2.45) is 0 Å². The van der Waals surface area contributed by atoms with Gasteiger partial charge in [0.1, 0.15) is 47.1 Å². The molecule has 0 radical (unpaired) electrons. The second kappa shape index (κ2) is 9.68. The third kappa shape index (κ3) is 4.49. The van der Waals surface area contributed by atoms with E-state index in [0.29, 0.717) is 11.3 Å². The van der Waals surface area contributed by atoms with E-state index in [2.05, 4.69) is 6.58 Å². The molecular formula is C25H27O10+. The van der Waals surface area contributed by atoms with Crippen molar-refractivity contribution < 1.29 is 49.3 Å². The Labute approximate surface area is 200 Å². The van der Waals surface area contributed by atoms with Crippen molar-refractivity contribution >= 4 is 17.0 Å². The summed E-state index contributed by atoms with van der Waals surface area (Å²) in [5, 5.41) is 60.7. The van der Waals surface area contributed by atoms with Crippen molar-refractivity contribution in [1.29, 1.82) is 0 Å². The maximum atomic E-state index is 10.5. The van der Waals surface area contributed by atoms with Crippen molar-refractivity contribution in [3.05, 3.63) is 48.0 Å². The molecule has 0 amide bonds. The Morgan fingerprint density at radius 1 is 1.03 bits per heavy atom. The first-order valence-corrected chi connectivity index (χ1v) is 10.8. The van der Waals surface area contributed by atoms with Gasteiger partial charge in [-0.1, -0.05) is 12.7 Å². The van der Waals surface area contributed by atoms with Crippen LogP contribution in [0.25, 0.3) is 28.4 Å². The highest BCUT2D eigenvalue weighted by Crippen LogP contribution is 2.42. The molecule has 1 aliphatic rings. The van der Waals surface area contributed by atoms with Gasteiger partial charge in [0.2, 0.25) is 12.0 Å². The topological polar surface area (TPSA) is 160 Å². The highest BCUT2D eigenvalue weighted by Gasteiger charge is 2.45. The fourth-order valence-electron chi connectivity index (χ4n) is 4.03. The van der Waals surface area contributed by atoms with Crippen LogP contribution in [0.4, 0.5) is 0 Å². The first kappa shape index (κ1) is 24.7. The van der Waals surface area contributed by atoms with E-state index in [1.54, 1.807) is 18.2 Å². The number of hydrogen-bond acceptors (Lipinski definition) is 9. The molecule has 1 saturated heterocycles. The Bertz CT molecular complexity index is 1250. The maximum absolute atomic E-state index is 10.5. The Morgan fingerprint density at radius 2 is 1.77 bits per heavy atom. The Morgan fingerprint density at radius 3 is 2.43 bits per heavy atom. The van der Waals surface area contributed by atoms with Crippen molar-refractivity contribution in [3.8, 4) is 34.3 Å². The van der Waals surface area contributed by atoms with E-state index in [9.17, 15) is 30.6 Å². The Kier molecular flexibility index (Phi) is 6.84. The van der Waals surface area contributed by atoms with Crippen LogP contribution in [-0.2, 0) is 4.74 Å². The number of rotatable bonds is 6. The summed E-state index contributed by atoms with van der Waals surface area (Å²) in [5.74, 6) is 0.151. The van der Waals surface area contributed by atoms with Gasteiger partial charge in [-0.3, -0.25) is 0 Å². The van der Waals surface area contributed by atoms with Gasteiger partial charge in [-0.2, -0.15) is 0 Å². The third-order valence-corrected chi connectivity index (χ3v) is 6.01. The highest BCUT2D eigenvalue weighted by molar-refractivity contribution is 5.88. The molecule has 0 saturated carbocycles. The van der Waals surface area contributed by atoms with Gasteiger partial charge in [0.15, 0.2) is 0 Å². The molecule has 0 bridgehead atoms. The molecule has 6 N–H and O–H groups in total. The summed E-state index contributed by atoms with van der Waals surface area (Å²) in [5.41, 5.74) is 2.19. The first-order chi connectivity index (χ1) is 16.7. The lowest BCUT2D eigenvalue weighted by atomic mass is 9.99. The highest BCUT2D eigenvalue weighted by atomic mass is 16.7. The van der Waals surface area contributed by atoms with Crippen LogP contribution in [0.15, 0.2) is 41.3 Å². The van der Waals surface area contributed by atoms with E-state index in [1.807, 2.05) is 6.92 Å². The lowest BCUT2D eigenvalue weighted by Gasteiger charge is -2.39. The average molecular weight is 487 g/mol. The number of ether oxygens (including phenoxy) is 3. The molecule has 2 heterocycles. The molecule has 10 heteroatoms. The van der Waals surface area contributed by atoms with Gasteiger partial charge in [0.05, 0.1) is 25.3 Å². The summed E-state index contributed by atoms with van der Waals surface area (Å²) < 4.78 is 22.9. The standard InChI is InChI=1S/C25H26O10/c1-4-12-5-13(6-17(32-3)11(12)2)24-19(9-15-16(28)7-14(27)8-18(15)33-24)34-25-23(31)22(30)21(29)20(10-26)35-25/h4-9,20-23,25-26,29-31H,1,10H2,2-3H3,(H-,27,28)/p+1/t20-,21+,22+,23-,25-/m0/s1. The van der Waals surface area contributed by atoms with E-state index in [0.717, 1.165) is 17.2 Å². The van der Waals surface area contributed by atoms with Gasteiger partial charge in [-0.25, -0.2) is 4.42 Å². The van der Waals surface area contributed by atoms with Crippen molar-refractivity contribution in [1.82, 2.24) is 0 Å². The quantitative estimate of drug-likeness (QED) is 0.284. The number of phenols is 2. The minimum absolute atomic E-state index is 0.00346. The van der Waals surface area contributed by atoms with Crippen LogP contribution in [0.1, 0.15) is 11.1 Å². The second-order valence-corrected chi connectivity index (χ2v) is 8.23. The zero-order valence-electron chi connectivity index (χ0n) is 19.1. The number of aromatic hydroxyl groups is 2. The number of aliphatic hydroxyl groups is 4. The Hall–Kier alpha value is -3.41. The van der Waals surface area contributed by atoms with Crippen LogP contribution in [0.5, 0.6) is 23.0 Å². The maximum Gasteiger partial charge on any atom is 0.402 e. The molecule has 186 valence electrons. The largest absolute Gasteiger partial charge is 0.507 e. The van der Waals surface area contributed by atoms with Gasteiger partial charge < -0.3 is 44.8 Å². The van der Waals surface area contributed by atoms with Gasteiger partial charge in [0.25, 0.3) is 0 Å². The van der Waals surface area contributed by atoms with Crippen LogP contribution in [0, 0.1) is 6.92 Å². The number of hydrogen-bond donors (Lipinski definition) is 6.